The lowest BCUT2D eigenvalue weighted by Gasteiger charge is -2.45. The van der Waals surface area contributed by atoms with E-state index in [4.69, 9.17) is 42.1 Å². The van der Waals surface area contributed by atoms with Gasteiger partial charge in [0.15, 0.2) is 11.5 Å². The zero-order valence-corrected chi connectivity index (χ0v) is 31.9. The number of halogens is 2. The van der Waals surface area contributed by atoms with E-state index in [9.17, 15) is 9.59 Å². The lowest BCUT2D eigenvalue weighted by atomic mass is 9.84. The van der Waals surface area contributed by atoms with Gasteiger partial charge in [-0.05, 0) is 86.2 Å². The molecule has 3 atom stereocenters. The molecule has 0 spiro atoms. The number of methoxy groups -OCH3 is 2. The van der Waals surface area contributed by atoms with E-state index in [-0.39, 0.29) is 18.5 Å². The molecule has 0 aliphatic carbocycles. The van der Waals surface area contributed by atoms with Gasteiger partial charge in [-0.25, -0.2) is 9.59 Å². The maximum Gasteiger partial charge on any atom is 0.348 e. The van der Waals surface area contributed by atoms with Crippen molar-refractivity contribution in [2.75, 3.05) is 33.9 Å². The highest BCUT2D eigenvalue weighted by Gasteiger charge is 2.44. The number of carbonyl (C=O) groups is 2. The molecule has 1 aromatic heterocycles. The van der Waals surface area contributed by atoms with Crippen molar-refractivity contribution in [1.82, 2.24) is 10.2 Å². The van der Waals surface area contributed by atoms with Gasteiger partial charge in [0.1, 0.15) is 22.6 Å². The number of allylic oxidation sites excluding steroid dienone is 4. The second-order valence-corrected chi connectivity index (χ2v) is 14.7. The highest BCUT2D eigenvalue weighted by atomic mass is 35.5. The maximum absolute atomic E-state index is 14.1. The smallest absolute Gasteiger partial charge is 0.348 e. The van der Waals surface area contributed by atoms with E-state index in [0.29, 0.717) is 56.5 Å². The summed E-state index contributed by atoms with van der Waals surface area (Å²) in [5, 5.41) is 4.33. The lowest BCUT2D eigenvalue weighted by Crippen LogP contribution is -2.56. The van der Waals surface area contributed by atoms with Gasteiger partial charge in [-0.2, -0.15) is 0 Å². The van der Waals surface area contributed by atoms with Crippen molar-refractivity contribution < 1.29 is 28.5 Å². The Balaban J connectivity index is 1.37. The van der Waals surface area contributed by atoms with Crippen LogP contribution in [-0.4, -0.2) is 56.8 Å². The van der Waals surface area contributed by atoms with Gasteiger partial charge >= 0.3 is 11.9 Å². The fourth-order valence-corrected chi connectivity index (χ4v) is 8.09. The molecule has 4 heterocycles. The van der Waals surface area contributed by atoms with Crippen LogP contribution in [0.3, 0.4) is 0 Å². The minimum absolute atomic E-state index is 0.113. The van der Waals surface area contributed by atoms with Crippen molar-refractivity contribution >= 4 is 46.5 Å². The molecule has 272 valence electrons. The fraction of sp³-hybridized carbons (Fsp3) is 0.400. The average molecular weight is 754 g/mol. The Labute approximate surface area is 315 Å². The molecular formula is C40H46Cl2N2O6S. The van der Waals surface area contributed by atoms with Crippen LogP contribution in [0.15, 0.2) is 95.0 Å². The summed E-state index contributed by atoms with van der Waals surface area (Å²) in [4.78, 5) is 31.5. The van der Waals surface area contributed by atoms with Gasteiger partial charge in [-0.1, -0.05) is 85.3 Å². The highest BCUT2D eigenvalue weighted by Crippen LogP contribution is 2.38. The first-order chi connectivity index (χ1) is 24.7. The molecule has 51 heavy (non-hydrogen) atoms. The molecule has 3 aromatic rings. The van der Waals surface area contributed by atoms with Gasteiger partial charge in [0.25, 0.3) is 0 Å². The average Bonchev–Trinajstić information content (AvgIpc) is 3.66. The predicted molar refractivity (Wildman–Crippen MR) is 204 cm³/mol. The first-order valence-corrected chi connectivity index (χ1v) is 18.8. The number of carbonyl (C=O) groups excluding carboxylic acids is 2. The number of hydrogen-bond acceptors (Lipinski definition) is 9. The molecule has 1 unspecified atom stereocenters. The molecule has 2 bridgehead atoms. The van der Waals surface area contributed by atoms with E-state index in [2.05, 4.69) is 16.8 Å². The number of nitrogens with one attached hydrogen (secondary N) is 1. The van der Waals surface area contributed by atoms with Crippen molar-refractivity contribution in [3.8, 4) is 11.5 Å². The van der Waals surface area contributed by atoms with E-state index in [1.54, 1.807) is 45.4 Å². The van der Waals surface area contributed by atoms with Gasteiger partial charge in [-0.3, -0.25) is 10.2 Å². The van der Waals surface area contributed by atoms with Crippen molar-refractivity contribution in [1.29, 1.82) is 0 Å². The van der Waals surface area contributed by atoms with Gasteiger partial charge in [0, 0.05) is 34.5 Å². The second-order valence-electron chi connectivity index (χ2n) is 12.7. The van der Waals surface area contributed by atoms with Gasteiger partial charge in [0.2, 0.25) is 0 Å². The Bertz CT molecular complexity index is 1750. The number of benzene rings is 2. The summed E-state index contributed by atoms with van der Waals surface area (Å²) < 4.78 is 23.4. The highest BCUT2D eigenvalue weighted by molar-refractivity contribution is 7.13. The van der Waals surface area contributed by atoms with Gasteiger partial charge in [0.05, 0.1) is 14.2 Å². The number of piperidine rings is 3. The predicted octanol–water partition coefficient (Wildman–Crippen LogP) is 8.91. The van der Waals surface area contributed by atoms with Crippen molar-refractivity contribution in [2.24, 2.45) is 5.92 Å². The van der Waals surface area contributed by atoms with Crippen LogP contribution in [0.5, 0.6) is 11.5 Å². The van der Waals surface area contributed by atoms with Crippen LogP contribution in [0, 0.1) is 5.92 Å². The monoisotopic (exact) mass is 752 g/mol. The summed E-state index contributed by atoms with van der Waals surface area (Å²) in [6.07, 6.45) is 5.13. The molecule has 3 saturated heterocycles. The third-order valence-corrected chi connectivity index (χ3v) is 11.7. The Morgan fingerprint density at radius 2 is 1.78 bits per heavy atom. The molecule has 2 aromatic carbocycles. The Morgan fingerprint density at radius 1 is 1.06 bits per heavy atom. The van der Waals surface area contributed by atoms with Crippen molar-refractivity contribution in [2.45, 2.75) is 63.8 Å². The van der Waals surface area contributed by atoms with Crippen LogP contribution in [0.2, 0.25) is 0 Å². The van der Waals surface area contributed by atoms with E-state index in [1.165, 1.54) is 17.4 Å². The number of nitrogens with zero attached hydrogens (tertiary/aromatic N) is 1. The molecule has 1 N–H and O–H groups in total. The molecule has 6 rings (SSSR count). The van der Waals surface area contributed by atoms with Crippen LogP contribution < -0.4 is 14.8 Å². The minimum atomic E-state index is -1.06. The van der Waals surface area contributed by atoms with E-state index >= 15 is 0 Å². The van der Waals surface area contributed by atoms with Gasteiger partial charge < -0.3 is 18.9 Å². The molecule has 3 fully saturated rings. The summed E-state index contributed by atoms with van der Waals surface area (Å²) in [7, 11) is 3.10. The van der Waals surface area contributed by atoms with E-state index < -0.39 is 17.6 Å². The third kappa shape index (κ3) is 8.90. The molecule has 3 aliphatic heterocycles. The SMILES string of the molecule is C=C/C(Cl)=C(C[C@H](OC(=O)c1ccc(CNC(CC)(C(=O)O[C@H]2CN3CCC2CC3)c2ccccc2)s1)c1ccc(OC)c(OC)c1)\C(Cl)=C/C. The largest absolute Gasteiger partial charge is 0.493 e. The third-order valence-electron chi connectivity index (χ3n) is 9.85. The fourth-order valence-electron chi connectivity index (χ4n) is 6.85. The Morgan fingerprint density at radius 3 is 2.39 bits per heavy atom. The number of esters is 2. The van der Waals surface area contributed by atoms with Crippen LogP contribution >= 0.6 is 34.5 Å². The maximum atomic E-state index is 14.1. The summed E-state index contributed by atoms with van der Waals surface area (Å²) in [5.74, 6) is 0.641. The van der Waals surface area contributed by atoms with Crippen LogP contribution in [-0.2, 0) is 26.4 Å². The molecule has 0 amide bonds. The number of ether oxygens (including phenoxy) is 4. The van der Waals surface area contributed by atoms with Crippen LogP contribution in [0.4, 0.5) is 0 Å². The summed E-state index contributed by atoms with van der Waals surface area (Å²) in [6.45, 7) is 10.8. The standard InChI is InChI=1S/C40H46Cl2N2O6S/c1-6-31(41)30(32(42)7-2)23-34(27-14-16-33(47-4)35(22-27)48-5)49-38(45)37-17-15-29(51-37)24-43-40(8-3,28-12-10-9-11-13-28)39(46)50-36-25-44-20-18-26(36)19-21-44/h6-7,9-17,22,26,34,36,43H,1,8,18-21,23-25H2,2-5H3/b31-30+,32-7+/t34-,36-,40?/m0/s1. The normalized spacial score (nSPS) is 20.8. The number of thiophene rings is 1. The van der Waals surface area contributed by atoms with Crippen molar-refractivity contribution in [3.63, 3.8) is 0 Å². The number of rotatable bonds is 16. The minimum Gasteiger partial charge on any atom is -0.493 e. The van der Waals surface area contributed by atoms with E-state index in [0.717, 1.165) is 42.9 Å². The second kappa shape index (κ2) is 17.8. The summed E-state index contributed by atoms with van der Waals surface area (Å²) in [6, 6.07) is 18.7. The molecule has 0 radical (unpaired) electrons. The zero-order chi connectivity index (χ0) is 36.5. The molecule has 0 saturated carbocycles. The molecule has 11 heteroatoms. The van der Waals surface area contributed by atoms with Gasteiger partial charge in [-0.15, -0.1) is 11.3 Å². The van der Waals surface area contributed by atoms with Crippen LogP contribution in [0.1, 0.15) is 71.3 Å². The first-order valence-electron chi connectivity index (χ1n) is 17.2. The van der Waals surface area contributed by atoms with E-state index in [1.807, 2.05) is 49.4 Å². The van der Waals surface area contributed by atoms with Crippen LogP contribution in [0.25, 0.3) is 0 Å². The number of fused-ring (bicyclic) bond motifs is 3. The number of hydrogen-bond donors (Lipinski definition) is 1. The Hall–Kier alpha value is -3.60. The first kappa shape index (κ1) is 38.6. The van der Waals surface area contributed by atoms with Crippen molar-refractivity contribution in [3.05, 3.63) is 116 Å². The molecule has 8 nitrogen and oxygen atoms in total. The topological polar surface area (TPSA) is 86.3 Å². The molecular weight excluding hydrogens is 707 g/mol. The lowest BCUT2D eigenvalue weighted by molar-refractivity contribution is -0.168. The summed E-state index contributed by atoms with van der Waals surface area (Å²) in [5.41, 5.74) is 1.04. The molecule has 3 aliphatic rings. The Kier molecular flexibility index (Phi) is 13.4. The zero-order valence-electron chi connectivity index (χ0n) is 29.6. The summed E-state index contributed by atoms with van der Waals surface area (Å²) >= 11 is 14.4. The quantitative estimate of drug-likeness (QED) is 0.115.